The molecule has 1 aliphatic heterocycles. The molecule has 154 valence electrons. The minimum absolute atomic E-state index is 0.141. The summed E-state index contributed by atoms with van der Waals surface area (Å²) in [5, 5.41) is 51.2. The number of carbonyl (C=O) groups is 1. The van der Waals surface area contributed by atoms with Crippen LogP contribution in [0, 0.1) is 5.92 Å². The lowest BCUT2D eigenvalue weighted by Crippen LogP contribution is -2.54. The summed E-state index contributed by atoms with van der Waals surface area (Å²) in [6.45, 7) is 4.58. The normalized spacial score (nSPS) is 28.4. The second-order valence-corrected chi connectivity index (χ2v) is 7.24. The van der Waals surface area contributed by atoms with Crippen molar-refractivity contribution in [2.75, 3.05) is 13.2 Å². The van der Waals surface area contributed by atoms with Gasteiger partial charge in [-0.1, -0.05) is 13.8 Å². The number of nitrogens with one attached hydrogen (secondary N) is 1. The van der Waals surface area contributed by atoms with E-state index in [-0.39, 0.29) is 19.1 Å². The molecule has 1 saturated heterocycles. The highest BCUT2D eigenvalue weighted by molar-refractivity contribution is 5.80. The maximum atomic E-state index is 11.8. The highest BCUT2D eigenvalue weighted by atomic mass is 16.7. The van der Waals surface area contributed by atoms with Crippen LogP contribution in [0.25, 0.3) is 0 Å². The van der Waals surface area contributed by atoms with Crippen LogP contribution in [-0.4, -0.2) is 87.5 Å². The van der Waals surface area contributed by atoms with E-state index in [1.807, 2.05) is 13.8 Å². The Kier molecular flexibility index (Phi) is 9.94. The van der Waals surface area contributed by atoms with Crippen LogP contribution >= 0.6 is 0 Å². The van der Waals surface area contributed by atoms with Crippen LogP contribution in [0.3, 0.4) is 0 Å². The molecule has 1 rings (SSSR count). The first kappa shape index (κ1) is 23.2. The molecule has 9 nitrogen and oxygen atoms in total. The third-order valence-electron chi connectivity index (χ3n) is 4.32. The van der Waals surface area contributed by atoms with E-state index in [4.69, 9.17) is 9.47 Å². The number of hydrogen-bond donors (Lipinski definition) is 6. The first-order valence-electron chi connectivity index (χ1n) is 9.06. The number of rotatable bonds is 10. The van der Waals surface area contributed by atoms with Crippen LogP contribution < -0.4 is 5.32 Å². The lowest BCUT2D eigenvalue weighted by atomic mass is 9.97. The Morgan fingerprint density at radius 3 is 2.42 bits per heavy atom. The standard InChI is InChI=1S/C17H33NO8/c1-9(2)6-13(22)16(23)11(18-17(24)10(3)20)8-25-15-5-4-12(21)14(7-19)26-15/h9-16,19-23H,4-8H2,1-3H3,(H,18,24)/t10?,11?,12-,13?,14?,15+,16?/m1/s1. The summed E-state index contributed by atoms with van der Waals surface area (Å²) < 4.78 is 11.0. The Morgan fingerprint density at radius 1 is 1.23 bits per heavy atom. The molecule has 9 heteroatoms. The molecule has 1 aliphatic rings. The third kappa shape index (κ3) is 7.43. The zero-order chi connectivity index (χ0) is 19.9. The van der Waals surface area contributed by atoms with Crippen molar-refractivity contribution in [1.82, 2.24) is 5.32 Å². The van der Waals surface area contributed by atoms with E-state index in [0.717, 1.165) is 0 Å². The molecule has 0 aliphatic carbocycles. The van der Waals surface area contributed by atoms with Crippen molar-refractivity contribution >= 4 is 5.91 Å². The molecule has 0 aromatic heterocycles. The average molecular weight is 379 g/mol. The lowest BCUT2D eigenvalue weighted by Gasteiger charge is -2.34. The molecule has 0 spiro atoms. The van der Waals surface area contributed by atoms with Crippen molar-refractivity contribution in [3.8, 4) is 0 Å². The van der Waals surface area contributed by atoms with Gasteiger partial charge in [-0.15, -0.1) is 0 Å². The van der Waals surface area contributed by atoms with E-state index >= 15 is 0 Å². The topological polar surface area (TPSA) is 149 Å². The summed E-state index contributed by atoms with van der Waals surface area (Å²) in [6.07, 6.45) is -4.76. The Morgan fingerprint density at radius 2 is 1.88 bits per heavy atom. The van der Waals surface area contributed by atoms with Gasteiger partial charge in [0.05, 0.1) is 31.5 Å². The number of aliphatic hydroxyl groups excluding tert-OH is 5. The minimum atomic E-state index is -1.29. The van der Waals surface area contributed by atoms with E-state index in [2.05, 4.69) is 5.32 Å². The predicted octanol–water partition coefficient (Wildman–Crippen LogP) is -1.51. The van der Waals surface area contributed by atoms with Gasteiger partial charge in [0, 0.05) is 6.42 Å². The van der Waals surface area contributed by atoms with Crippen LogP contribution in [0.5, 0.6) is 0 Å². The monoisotopic (exact) mass is 379 g/mol. The van der Waals surface area contributed by atoms with Gasteiger partial charge < -0.3 is 40.3 Å². The van der Waals surface area contributed by atoms with Gasteiger partial charge in [0.2, 0.25) is 5.91 Å². The minimum Gasteiger partial charge on any atom is -0.394 e. The number of hydrogen-bond acceptors (Lipinski definition) is 8. The number of amides is 1. The maximum Gasteiger partial charge on any atom is 0.248 e. The van der Waals surface area contributed by atoms with Gasteiger partial charge in [-0.25, -0.2) is 0 Å². The summed E-state index contributed by atoms with van der Waals surface area (Å²) >= 11 is 0. The summed E-state index contributed by atoms with van der Waals surface area (Å²) in [5.74, 6) is -0.551. The first-order valence-corrected chi connectivity index (χ1v) is 9.06. The molecule has 0 aromatic rings. The van der Waals surface area contributed by atoms with Gasteiger partial charge in [0.1, 0.15) is 18.3 Å². The fourth-order valence-electron chi connectivity index (χ4n) is 2.76. The van der Waals surface area contributed by atoms with Crippen LogP contribution in [0.4, 0.5) is 0 Å². The Bertz CT molecular complexity index is 420. The molecule has 0 bridgehead atoms. The largest absolute Gasteiger partial charge is 0.394 e. The van der Waals surface area contributed by atoms with E-state index in [1.54, 1.807) is 0 Å². The molecular formula is C17H33NO8. The number of ether oxygens (including phenoxy) is 2. The maximum absolute atomic E-state index is 11.8. The molecule has 1 fully saturated rings. The first-order chi connectivity index (χ1) is 12.1. The molecule has 0 radical (unpaired) electrons. The zero-order valence-electron chi connectivity index (χ0n) is 15.6. The van der Waals surface area contributed by atoms with Crippen molar-refractivity contribution in [2.24, 2.45) is 5.92 Å². The van der Waals surface area contributed by atoms with Gasteiger partial charge in [-0.2, -0.15) is 0 Å². The molecule has 1 amide bonds. The van der Waals surface area contributed by atoms with Crippen molar-refractivity contribution < 1.29 is 39.8 Å². The van der Waals surface area contributed by atoms with Gasteiger partial charge in [-0.3, -0.25) is 4.79 Å². The van der Waals surface area contributed by atoms with E-state index in [0.29, 0.717) is 19.3 Å². The summed E-state index contributed by atoms with van der Waals surface area (Å²) in [7, 11) is 0. The number of aliphatic hydroxyl groups is 5. The zero-order valence-corrected chi connectivity index (χ0v) is 15.6. The van der Waals surface area contributed by atoms with Gasteiger partial charge in [0.25, 0.3) is 0 Å². The third-order valence-corrected chi connectivity index (χ3v) is 4.32. The van der Waals surface area contributed by atoms with Crippen LogP contribution in [0.1, 0.15) is 40.0 Å². The second kappa shape index (κ2) is 11.1. The van der Waals surface area contributed by atoms with Crippen LogP contribution in [0.15, 0.2) is 0 Å². The van der Waals surface area contributed by atoms with Gasteiger partial charge in [-0.05, 0) is 25.7 Å². The molecule has 6 N–H and O–H groups in total. The Labute approximate surface area is 153 Å². The fraction of sp³-hybridized carbons (Fsp3) is 0.941. The van der Waals surface area contributed by atoms with Gasteiger partial charge in [0.15, 0.2) is 6.29 Å². The quantitative estimate of drug-likeness (QED) is 0.268. The van der Waals surface area contributed by atoms with Crippen LogP contribution in [0.2, 0.25) is 0 Å². The molecule has 5 unspecified atom stereocenters. The van der Waals surface area contributed by atoms with Crippen LogP contribution in [-0.2, 0) is 14.3 Å². The highest BCUT2D eigenvalue weighted by Crippen LogP contribution is 2.21. The molecule has 1 heterocycles. The predicted molar refractivity (Wildman–Crippen MR) is 92.0 cm³/mol. The van der Waals surface area contributed by atoms with Crippen molar-refractivity contribution in [3.05, 3.63) is 0 Å². The molecule has 0 saturated carbocycles. The SMILES string of the molecule is CC(C)CC(O)C(O)C(CO[C@@H]1CC[C@@H](O)C(CO)O1)NC(=O)C(C)O. The summed E-state index contributed by atoms with van der Waals surface area (Å²) in [4.78, 5) is 11.8. The molecule has 26 heavy (non-hydrogen) atoms. The summed E-state index contributed by atoms with van der Waals surface area (Å²) in [6, 6.07) is -0.950. The lowest BCUT2D eigenvalue weighted by molar-refractivity contribution is -0.234. The van der Waals surface area contributed by atoms with Gasteiger partial charge >= 0.3 is 0 Å². The molecular weight excluding hydrogens is 346 g/mol. The van der Waals surface area contributed by atoms with E-state index < -0.39 is 48.8 Å². The fourth-order valence-corrected chi connectivity index (χ4v) is 2.76. The number of carbonyl (C=O) groups excluding carboxylic acids is 1. The second-order valence-electron chi connectivity index (χ2n) is 7.24. The van der Waals surface area contributed by atoms with Crippen molar-refractivity contribution in [3.63, 3.8) is 0 Å². The Balaban J connectivity index is 2.67. The molecule has 0 aromatic carbocycles. The van der Waals surface area contributed by atoms with E-state index in [1.165, 1.54) is 6.92 Å². The highest BCUT2D eigenvalue weighted by Gasteiger charge is 2.33. The average Bonchev–Trinajstić information content (AvgIpc) is 2.58. The van der Waals surface area contributed by atoms with Crippen molar-refractivity contribution in [1.29, 1.82) is 0 Å². The Hall–Kier alpha value is -0.810. The summed E-state index contributed by atoms with van der Waals surface area (Å²) in [5.41, 5.74) is 0. The van der Waals surface area contributed by atoms with E-state index in [9.17, 15) is 30.3 Å². The smallest absolute Gasteiger partial charge is 0.248 e. The van der Waals surface area contributed by atoms with Crippen molar-refractivity contribution in [2.45, 2.75) is 82.9 Å². The molecule has 7 atom stereocenters.